The van der Waals surface area contributed by atoms with Crippen LogP contribution in [-0.4, -0.2) is 37.6 Å². The molecule has 1 aliphatic rings. The number of carbonyl (C=O) groups is 3. The van der Waals surface area contributed by atoms with Gasteiger partial charge in [-0.25, -0.2) is 12.8 Å². The Bertz CT molecular complexity index is 1420. The summed E-state index contributed by atoms with van der Waals surface area (Å²) >= 11 is 0. The predicted molar refractivity (Wildman–Crippen MR) is 128 cm³/mol. The number of hydrogen-bond acceptors (Lipinski definition) is 5. The molecule has 0 fully saturated rings. The monoisotopic (exact) mass is 495 g/mol. The Morgan fingerprint density at radius 2 is 1.57 bits per heavy atom. The average molecular weight is 496 g/mol. The number of hydrogen-bond donors (Lipinski definition) is 2. The number of imide groups is 1. The van der Waals surface area contributed by atoms with Crippen LogP contribution in [0.3, 0.4) is 0 Å². The Hall–Kier alpha value is -4.05. The normalized spacial score (nSPS) is 13.0. The minimum Gasteiger partial charge on any atom is -0.324 e. The summed E-state index contributed by atoms with van der Waals surface area (Å²) in [5.74, 6) is -1.74. The smallest absolute Gasteiger partial charge is 0.261 e. The van der Waals surface area contributed by atoms with Gasteiger partial charge in [0.1, 0.15) is 5.82 Å². The fourth-order valence-electron chi connectivity index (χ4n) is 3.72. The second kappa shape index (κ2) is 9.67. The van der Waals surface area contributed by atoms with Crippen LogP contribution < -0.4 is 10.0 Å². The Morgan fingerprint density at radius 3 is 2.29 bits per heavy atom. The van der Waals surface area contributed by atoms with Crippen LogP contribution in [0.4, 0.5) is 15.8 Å². The largest absolute Gasteiger partial charge is 0.324 e. The van der Waals surface area contributed by atoms with E-state index in [9.17, 15) is 27.2 Å². The molecule has 0 radical (unpaired) electrons. The molecule has 0 saturated heterocycles. The van der Waals surface area contributed by atoms with Gasteiger partial charge in [0.05, 0.1) is 27.4 Å². The summed E-state index contributed by atoms with van der Waals surface area (Å²) in [6.07, 6.45) is 0.241. The molecule has 0 aromatic heterocycles. The van der Waals surface area contributed by atoms with Crippen molar-refractivity contribution in [3.8, 4) is 0 Å². The van der Waals surface area contributed by atoms with E-state index in [2.05, 4.69) is 10.0 Å². The Kier molecular flexibility index (Phi) is 6.65. The standard InChI is InChI=1S/C25H22FN3O5S/c1-16-8-13-19-20(15-16)25(32)29(24(19)31)14-4-7-23(30)27-21-5-2-3-6-22(21)28-35(33,34)18-11-9-17(26)10-12-18/h2-3,5-6,8-13,15,28H,4,7,14H2,1H3,(H,27,30). The number of nitrogens with zero attached hydrogens (tertiary/aromatic N) is 1. The van der Waals surface area contributed by atoms with Crippen molar-refractivity contribution in [2.24, 2.45) is 0 Å². The fraction of sp³-hybridized carbons (Fsp3) is 0.160. The number of carbonyl (C=O) groups excluding carboxylic acids is 3. The first-order valence-corrected chi connectivity index (χ1v) is 12.3. The van der Waals surface area contributed by atoms with Crippen LogP contribution >= 0.6 is 0 Å². The number of para-hydroxylation sites is 2. The maximum absolute atomic E-state index is 13.1. The number of sulfonamides is 1. The van der Waals surface area contributed by atoms with Crippen LogP contribution in [-0.2, 0) is 14.8 Å². The zero-order valence-corrected chi connectivity index (χ0v) is 19.6. The van der Waals surface area contributed by atoms with Gasteiger partial charge in [-0.1, -0.05) is 23.8 Å². The second-order valence-electron chi connectivity index (χ2n) is 8.07. The Morgan fingerprint density at radius 1 is 0.914 bits per heavy atom. The molecule has 3 aromatic rings. The first kappa shape index (κ1) is 24.1. The highest BCUT2D eigenvalue weighted by Gasteiger charge is 2.35. The Balaban J connectivity index is 1.37. The van der Waals surface area contributed by atoms with Crippen LogP contribution in [0.15, 0.2) is 71.6 Å². The molecule has 3 aromatic carbocycles. The van der Waals surface area contributed by atoms with Crippen molar-refractivity contribution in [3.05, 3.63) is 89.2 Å². The number of fused-ring (bicyclic) bond motifs is 1. The van der Waals surface area contributed by atoms with Crippen LogP contribution in [0, 0.1) is 12.7 Å². The number of aryl methyl sites for hydroxylation is 1. The van der Waals surface area contributed by atoms with Gasteiger partial charge in [-0.15, -0.1) is 0 Å². The average Bonchev–Trinajstić information content (AvgIpc) is 3.04. The molecule has 0 spiro atoms. The first-order valence-electron chi connectivity index (χ1n) is 10.8. The molecule has 10 heteroatoms. The number of benzene rings is 3. The summed E-state index contributed by atoms with van der Waals surface area (Å²) in [5, 5.41) is 2.65. The van der Waals surface area contributed by atoms with Crippen molar-refractivity contribution in [3.63, 3.8) is 0 Å². The third-order valence-corrected chi connectivity index (χ3v) is 6.86. The number of amides is 3. The highest BCUT2D eigenvalue weighted by atomic mass is 32.2. The topological polar surface area (TPSA) is 113 Å². The molecule has 4 rings (SSSR count). The fourth-order valence-corrected chi connectivity index (χ4v) is 4.80. The van der Waals surface area contributed by atoms with Crippen molar-refractivity contribution in [2.75, 3.05) is 16.6 Å². The van der Waals surface area contributed by atoms with E-state index in [-0.39, 0.29) is 47.5 Å². The summed E-state index contributed by atoms with van der Waals surface area (Å²) in [4.78, 5) is 38.6. The predicted octanol–water partition coefficient (Wildman–Crippen LogP) is 3.95. The van der Waals surface area contributed by atoms with Crippen molar-refractivity contribution in [1.82, 2.24) is 4.90 Å². The van der Waals surface area contributed by atoms with E-state index >= 15 is 0 Å². The zero-order valence-electron chi connectivity index (χ0n) is 18.7. The van der Waals surface area contributed by atoms with E-state index < -0.39 is 21.7 Å². The number of anilines is 2. The molecular formula is C25H22FN3O5S. The molecule has 1 aliphatic heterocycles. The molecule has 0 aliphatic carbocycles. The van der Waals surface area contributed by atoms with Gasteiger partial charge in [-0.05, 0) is 61.9 Å². The van der Waals surface area contributed by atoms with Gasteiger partial charge in [0, 0.05) is 13.0 Å². The van der Waals surface area contributed by atoms with Gasteiger partial charge in [0.15, 0.2) is 0 Å². The summed E-state index contributed by atoms with van der Waals surface area (Å²) in [6, 6.07) is 15.7. The minimum atomic E-state index is -4.01. The van der Waals surface area contributed by atoms with Gasteiger partial charge >= 0.3 is 0 Å². The van der Waals surface area contributed by atoms with Gasteiger partial charge in [-0.2, -0.15) is 0 Å². The molecule has 35 heavy (non-hydrogen) atoms. The van der Waals surface area contributed by atoms with E-state index in [1.165, 1.54) is 12.1 Å². The molecule has 0 bridgehead atoms. The second-order valence-corrected chi connectivity index (χ2v) is 9.75. The quantitative estimate of drug-likeness (QED) is 0.460. The van der Waals surface area contributed by atoms with Crippen molar-refractivity contribution < 1.29 is 27.2 Å². The molecule has 180 valence electrons. The van der Waals surface area contributed by atoms with Gasteiger partial charge in [0.25, 0.3) is 21.8 Å². The third kappa shape index (κ3) is 5.22. The van der Waals surface area contributed by atoms with Crippen molar-refractivity contribution >= 4 is 39.1 Å². The highest BCUT2D eigenvalue weighted by molar-refractivity contribution is 7.92. The van der Waals surface area contributed by atoms with Gasteiger partial charge in [-0.3, -0.25) is 24.0 Å². The summed E-state index contributed by atoms with van der Waals surface area (Å²) in [7, 11) is -4.01. The summed E-state index contributed by atoms with van der Waals surface area (Å²) < 4.78 is 40.8. The van der Waals surface area contributed by atoms with E-state index in [1.54, 1.807) is 30.3 Å². The summed E-state index contributed by atoms with van der Waals surface area (Å²) in [6.45, 7) is 1.92. The van der Waals surface area contributed by atoms with Crippen molar-refractivity contribution in [2.45, 2.75) is 24.7 Å². The lowest BCUT2D eigenvalue weighted by atomic mass is 10.1. The van der Waals surface area contributed by atoms with Crippen molar-refractivity contribution in [1.29, 1.82) is 0 Å². The lowest BCUT2D eigenvalue weighted by Crippen LogP contribution is -2.31. The van der Waals surface area contributed by atoms with Crippen LogP contribution in [0.5, 0.6) is 0 Å². The zero-order chi connectivity index (χ0) is 25.2. The van der Waals surface area contributed by atoms with Crippen LogP contribution in [0.1, 0.15) is 39.1 Å². The molecule has 1 heterocycles. The maximum atomic E-state index is 13.1. The van der Waals surface area contributed by atoms with Gasteiger partial charge in [0.2, 0.25) is 5.91 Å². The molecule has 0 atom stereocenters. The number of nitrogens with one attached hydrogen (secondary N) is 2. The lowest BCUT2D eigenvalue weighted by molar-refractivity contribution is -0.116. The molecule has 8 nitrogen and oxygen atoms in total. The molecule has 2 N–H and O–H groups in total. The summed E-state index contributed by atoms with van der Waals surface area (Å²) in [5.41, 5.74) is 1.97. The van der Waals surface area contributed by atoms with Crippen LogP contribution in [0.25, 0.3) is 0 Å². The van der Waals surface area contributed by atoms with E-state index in [4.69, 9.17) is 0 Å². The SMILES string of the molecule is Cc1ccc2c(c1)C(=O)N(CCCC(=O)Nc1ccccc1NS(=O)(=O)c1ccc(F)cc1)C2=O. The minimum absolute atomic E-state index is 0.00544. The Labute approximate surface area is 201 Å². The lowest BCUT2D eigenvalue weighted by Gasteiger charge is -2.15. The number of halogens is 1. The first-order chi connectivity index (χ1) is 16.7. The number of rotatable bonds is 8. The molecule has 3 amide bonds. The molecule has 0 unspecified atom stereocenters. The van der Waals surface area contributed by atoms with E-state index in [0.717, 1.165) is 34.7 Å². The molecule has 0 saturated carbocycles. The maximum Gasteiger partial charge on any atom is 0.261 e. The third-order valence-electron chi connectivity index (χ3n) is 5.48. The van der Waals surface area contributed by atoms with E-state index in [1.807, 2.05) is 6.92 Å². The highest BCUT2D eigenvalue weighted by Crippen LogP contribution is 2.26. The molecular weight excluding hydrogens is 473 g/mol. The van der Waals surface area contributed by atoms with Gasteiger partial charge < -0.3 is 5.32 Å². The van der Waals surface area contributed by atoms with E-state index in [0.29, 0.717) is 11.1 Å². The van der Waals surface area contributed by atoms with Crippen LogP contribution in [0.2, 0.25) is 0 Å².